The molecule has 2 saturated carbocycles. The van der Waals surface area contributed by atoms with Gasteiger partial charge in [0.25, 0.3) is 5.56 Å². The number of carbonyl (C=O) groups excluding carboxylic acids is 1. The maximum absolute atomic E-state index is 12.7. The molecule has 4 atom stereocenters. The number of carbonyl (C=O) groups is 1. The van der Waals surface area contributed by atoms with Crippen LogP contribution in [0, 0.1) is 11.8 Å². The molecule has 1 unspecified atom stereocenters. The predicted molar refractivity (Wildman–Crippen MR) is 108 cm³/mol. The van der Waals surface area contributed by atoms with Crippen molar-refractivity contribution in [3.05, 3.63) is 64.6 Å². The first-order valence-corrected chi connectivity index (χ1v) is 10.1. The number of benzene rings is 1. The van der Waals surface area contributed by atoms with E-state index in [0.717, 1.165) is 24.3 Å². The van der Waals surface area contributed by atoms with E-state index < -0.39 is 0 Å². The van der Waals surface area contributed by atoms with E-state index in [-0.39, 0.29) is 17.5 Å². The fraction of sp³-hybridized carbons (Fsp3) is 0.333. The molecule has 2 saturated heterocycles. The SMILES string of the molecule is Cn1cnc2ncn(Cc3nc([C@@]45C6[C@H]4[C@H]5CN6c4ccc(C=O)cc4)no3)c(=O)c21. The molecule has 3 aromatic heterocycles. The van der Waals surface area contributed by atoms with Crippen molar-refractivity contribution in [1.82, 2.24) is 29.2 Å². The number of hydrogen-bond acceptors (Lipinski definition) is 8. The van der Waals surface area contributed by atoms with Crippen molar-refractivity contribution < 1.29 is 9.32 Å². The van der Waals surface area contributed by atoms with E-state index >= 15 is 0 Å². The average Bonchev–Trinajstić information content (AvgIpc) is 3.25. The van der Waals surface area contributed by atoms with Crippen LogP contribution in [0.2, 0.25) is 0 Å². The monoisotopic (exact) mass is 415 g/mol. The average molecular weight is 415 g/mol. The summed E-state index contributed by atoms with van der Waals surface area (Å²) >= 11 is 0. The number of aryl methyl sites for hydroxylation is 1. The summed E-state index contributed by atoms with van der Waals surface area (Å²) in [5.74, 6) is 2.22. The second-order valence-corrected chi connectivity index (χ2v) is 8.59. The number of rotatable bonds is 5. The van der Waals surface area contributed by atoms with E-state index in [4.69, 9.17) is 4.52 Å². The molecule has 4 aliphatic rings. The van der Waals surface area contributed by atoms with Gasteiger partial charge in [0.1, 0.15) is 19.2 Å². The fourth-order valence-electron chi connectivity index (χ4n) is 5.57. The fourth-order valence-corrected chi connectivity index (χ4v) is 5.57. The molecule has 4 fully saturated rings. The molecule has 1 aromatic carbocycles. The van der Waals surface area contributed by atoms with Gasteiger partial charge in [-0.25, -0.2) is 9.97 Å². The van der Waals surface area contributed by atoms with Crippen molar-refractivity contribution in [3.63, 3.8) is 0 Å². The quantitative estimate of drug-likeness (QED) is 0.439. The first kappa shape index (κ1) is 16.9. The summed E-state index contributed by atoms with van der Waals surface area (Å²) in [6.07, 6.45) is 3.89. The van der Waals surface area contributed by atoms with Crippen molar-refractivity contribution in [2.24, 2.45) is 18.9 Å². The molecule has 154 valence electrons. The third-order valence-electron chi connectivity index (χ3n) is 7.16. The Balaban J connectivity index is 1.14. The number of aromatic nitrogens is 6. The Labute approximate surface area is 175 Å². The second-order valence-electron chi connectivity index (χ2n) is 8.59. The molecule has 2 aliphatic heterocycles. The maximum Gasteiger partial charge on any atom is 0.280 e. The number of hydrogen-bond donors (Lipinski definition) is 0. The van der Waals surface area contributed by atoms with E-state index in [0.29, 0.717) is 40.5 Å². The van der Waals surface area contributed by atoms with Gasteiger partial charge < -0.3 is 14.0 Å². The predicted octanol–water partition coefficient (Wildman–Crippen LogP) is 0.760. The lowest BCUT2D eigenvalue weighted by molar-refractivity contribution is 0.112. The number of fused-ring (bicyclic) bond motifs is 2. The highest BCUT2D eigenvalue weighted by Gasteiger charge is 2.95. The zero-order valence-electron chi connectivity index (χ0n) is 16.5. The van der Waals surface area contributed by atoms with E-state index in [1.54, 1.807) is 17.9 Å². The summed E-state index contributed by atoms with van der Waals surface area (Å²) in [5, 5.41) is 4.27. The second kappa shape index (κ2) is 5.45. The molecule has 4 aromatic rings. The Morgan fingerprint density at radius 3 is 2.81 bits per heavy atom. The van der Waals surface area contributed by atoms with E-state index in [2.05, 4.69) is 25.0 Å². The van der Waals surface area contributed by atoms with Crippen LogP contribution in [0.5, 0.6) is 0 Å². The summed E-state index contributed by atoms with van der Waals surface area (Å²) in [4.78, 5) is 39.0. The zero-order valence-corrected chi connectivity index (χ0v) is 16.5. The van der Waals surface area contributed by atoms with Crippen molar-refractivity contribution in [2.75, 3.05) is 11.4 Å². The van der Waals surface area contributed by atoms with Crippen LogP contribution in [-0.2, 0) is 19.0 Å². The minimum Gasteiger partial charge on any atom is -0.367 e. The van der Waals surface area contributed by atoms with Crippen LogP contribution in [0.1, 0.15) is 22.1 Å². The minimum atomic E-state index is -0.191. The summed E-state index contributed by atoms with van der Waals surface area (Å²) in [6, 6.07) is 8.05. The lowest BCUT2D eigenvalue weighted by atomic mass is 10.1. The van der Waals surface area contributed by atoms with Gasteiger partial charge >= 0.3 is 0 Å². The molecular weight excluding hydrogens is 398 g/mol. The first-order chi connectivity index (χ1) is 15.1. The number of anilines is 1. The van der Waals surface area contributed by atoms with Crippen molar-refractivity contribution >= 4 is 23.1 Å². The van der Waals surface area contributed by atoms with Crippen LogP contribution in [0.4, 0.5) is 5.69 Å². The summed E-state index contributed by atoms with van der Waals surface area (Å²) in [6.45, 7) is 1.13. The summed E-state index contributed by atoms with van der Waals surface area (Å²) in [7, 11) is 1.76. The van der Waals surface area contributed by atoms with Crippen LogP contribution < -0.4 is 10.5 Å². The van der Waals surface area contributed by atoms with Crippen LogP contribution in [0.15, 0.2) is 46.2 Å². The molecule has 0 radical (unpaired) electrons. The van der Waals surface area contributed by atoms with Gasteiger partial charge in [0.05, 0.1) is 11.7 Å². The molecule has 0 amide bonds. The Kier molecular flexibility index (Phi) is 2.98. The first-order valence-electron chi connectivity index (χ1n) is 10.1. The third kappa shape index (κ3) is 2.01. The molecule has 5 heterocycles. The summed E-state index contributed by atoms with van der Waals surface area (Å²) < 4.78 is 8.63. The van der Waals surface area contributed by atoms with Gasteiger partial charge in [-0.3, -0.25) is 14.2 Å². The van der Waals surface area contributed by atoms with Crippen molar-refractivity contribution in [3.8, 4) is 0 Å². The molecule has 2 aliphatic carbocycles. The minimum absolute atomic E-state index is 0.0275. The largest absolute Gasteiger partial charge is 0.367 e. The van der Waals surface area contributed by atoms with Crippen LogP contribution in [-0.4, -0.2) is 48.1 Å². The van der Waals surface area contributed by atoms with Crippen LogP contribution >= 0.6 is 0 Å². The Morgan fingerprint density at radius 1 is 1.23 bits per heavy atom. The standard InChI is InChI=1S/C21H17N7O3/c1-26-9-22-18-16(26)19(30)27(10-23-18)7-14-24-20(25-31-14)21-13-6-28(17(21)15(13)21)12-4-2-11(8-29)3-5-12/h2-5,8-10,13,15,17H,6-7H2,1H3/t13-,15-,17?,21-/m1/s1. The van der Waals surface area contributed by atoms with Gasteiger partial charge in [0.2, 0.25) is 5.89 Å². The number of nitrogens with zero attached hydrogens (tertiary/aromatic N) is 7. The molecule has 8 rings (SSSR count). The van der Waals surface area contributed by atoms with Gasteiger partial charge in [0, 0.05) is 36.8 Å². The number of imidazole rings is 1. The van der Waals surface area contributed by atoms with Gasteiger partial charge in [0.15, 0.2) is 17.0 Å². The van der Waals surface area contributed by atoms with Crippen molar-refractivity contribution in [1.29, 1.82) is 0 Å². The van der Waals surface area contributed by atoms with Crippen molar-refractivity contribution in [2.45, 2.75) is 18.0 Å². The van der Waals surface area contributed by atoms with Crippen LogP contribution in [0.3, 0.4) is 0 Å². The lowest BCUT2D eigenvalue weighted by Crippen LogP contribution is -2.23. The summed E-state index contributed by atoms with van der Waals surface area (Å²) in [5.41, 5.74) is 2.44. The topological polar surface area (TPSA) is 112 Å². The molecule has 31 heavy (non-hydrogen) atoms. The highest BCUT2D eigenvalue weighted by atomic mass is 16.5. The van der Waals surface area contributed by atoms with E-state index in [1.807, 2.05) is 24.3 Å². The molecular formula is C21H17N7O3. The Hall–Kier alpha value is -3.82. The smallest absolute Gasteiger partial charge is 0.280 e. The molecule has 0 spiro atoms. The molecule has 10 nitrogen and oxygen atoms in total. The number of aldehydes is 1. The Bertz CT molecular complexity index is 1430. The number of piperidine rings is 1. The lowest BCUT2D eigenvalue weighted by Gasteiger charge is -2.18. The molecule has 2 bridgehead atoms. The third-order valence-corrected chi connectivity index (χ3v) is 7.16. The zero-order chi connectivity index (χ0) is 20.9. The van der Waals surface area contributed by atoms with E-state index in [9.17, 15) is 9.59 Å². The normalized spacial score (nSPS) is 27.5. The van der Waals surface area contributed by atoms with Gasteiger partial charge in [-0.15, -0.1) is 0 Å². The highest BCUT2D eigenvalue weighted by Crippen LogP contribution is 2.85. The molecule has 10 heteroatoms. The van der Waals surface area contributed by atoms with Crippen LogP contribution in [0.25, 0.3) is 11.2 Å². The highest BCUT2D eigenvalue weighted by molar-refractivity contribution is 5.76. The molecule has 0 N–H and O–H groups in total. The van der Waals surface area contributed by atoms with Gasteiger partial charge in [-0.1, -0.05) is 5.16 Å². The Morgan fingerprint density at radius 2 is 2.03 bits per heavy atom. The maximum atomic E-state index is 12.7. The van der Waals surface area contributed by atoms with E-state index in [1.165, 1.54) is 10.9 Å². The van der Waals surface area contributed by atoms with Gasteiger partial charge in [-0.2, -0.15) is 4.98 Å². The van der Waals surface area contributed by atoms with Gasteiger partial charge in [-0.05, 0) is 30.2 Å².